The Hall–Kier alpha value is -2.62. The van der Waals surface area contributed by atoms with Gasteiger partial charge in [0.15, 0.2) is 0 Å². The maximum atomic E-state index is 13.7. The van der Waals surface area contributed by atoms with Gasteiger partial charge in [-0.3, -0.25) is 0 Å². The first-order chi connectivity index (χ1) is 9.89. The fourth-order valence-corrected chi connectivity index (χ4v) is 1.72. The molecule has 0 N–H and O–H groups in total. The van der Waals surface area contributed by atoms with Gasteiger partial charge in [-0.05, 0) is 29.3 Å². The van der Waals surface area contributed by atoms with Crippen molar-refractivity contribution >= 4 is 0 Å². The van der Waals surface area contributed by atoms with E-state index in [1.165, 1.54) is 24.4 Å². The highest BCUT2D eigenvalue weighted by atomic mass is 19.4. The number of pyridine rings is 1. The van der Waals surface area contributed by atoms with Crippen LogP contribution < -0.4 is 4.74 Å². The van der Waals surface area contributed by atoms with Crippen LogP contribution in [0.25, 0.3) is 11.1 Å². The molecule has 0 aliphatic rings. The van der Waals surface area contributed by atoms with Gasteiger partial charge in [-0.25, -0.2) is 4.98 Å². The maximum Gasteiger partial charge on any atom is 0.573 e. The highest BCUT2D eigenvalue weighted by Gasteiger charge is 2.31. The first-order valence-electron chi connectivity index (χ1n) is 5.76. The summed E-state index contributed by atoms with van der Waals surface area (Å²) in [5.74, 6) is -1.16. The largest absolute Gasteiger partial charge is 0.573 e. The molecular weight excluding hydrogens is 288 g/mol. The Bertz CT molecular complexity index is 675. The van der Waals surface area contributed by atoms with E-state index in [0.29, 0.717) is 11.1 Å². The van der Waals surface area contributed by atoms with E-state index in [1.54, 1.807) is 0 Å². The van der Waals surface area contributed by atoms with E-state index < -0.39 is 18.1 Å². The molecule has 108 valence electrons. The average Bonchev–Trinajstić information content (AvgIpc) is 2.40. The maximum absolute atomic E-state index is 13.7. The predicted molar refractivity (Wildman–Crippen MR) is 65.6 cm³/mol. The number of benzene rings is 1. The van der Waals surface area contributed by atoms with Gasteiger partial charge < -0.3 is 4.74 Å². The summed E-state index contributed by atoms with van der Waals surface area (Å²) in [6.45, 7) is 0. The molecule has 1 aromatic heterocycles. The van der Waals surface area contributed by atoms with Crippen molar-refractivity contribution in [1.82, 2.24) is 4.98 Å². The standard InChI is InChI=1S/C14H8F4N2O/c15-13-12(7-9(5-6-19)8-20-13)10-1-3-11(4-2-10)21-14(16,17)18/h1-4,7-8H,5H2. The lowest BCUT2D eigenvalue weighted by molar-refractivity contribution is -0.274. The summed E-state index contributed by atoms with van der Waals surface area (Å²) in [4.78, 5) is 3.53. The molecule has 0 aliphatic heterocycles. The fourth-order valence-electron chi connectivity index (χ4n) is 1.72. The van der Waals surface area contributed by atoms with Crippen molar-refractivity contribution in [3.63, 3.8) is 0 Å². The molecule has 0 amide bonds. The molecule has 1 heterocycles. The second-order valence-corrected chi connectivity index (χ2v) is 4.09. The van der Waals surface area contributed by atoms with E-state index in [2.05, 4.69) is 9.72 Å². The van der Waals surface area contributed by atoms with E-state index in [-0.39, 0.29) is 12.0 Å². The molecular formula is C14H8F4N2O. The third-order valence-electron chi connectivity index (χ3n) is 2.58. The molecule has 0 fully saturated rings. The van der Waals surface area contributed by atoms with Crippen LogP contribution in [-0.4, -0.2) is 11.3 Å². The van der Waals surface area contributed by atoms with E-state index in [4.69, 9.17) is 5.26 Å². The smallest absolute Gasteiger partial charge is 0.406 e. The lowest BCUT2D eigenvalue weighted by atomic mass is 10.0. The first kappa shape index (κ1) is 14.8. The molecule has 2 aromatic rings. The Morgan fingerprint density at radius 1 is 1.19 bits per heavy atom. The van der Waals surface area contributed by atoms with Crippen LogP contribution in [0.2, 0.25) is 0 Å². The lowest BCUT2D eigenvalue weighted by Gasteiger charge is -2.10. The van der Waals surface area contributed by atoms with E-state index in [1.807, 2.05) is 6.07 Å². The summed E-state index contributed by atoms with van der Waals surface area (Å²) < 4.78 is 53.5. The number of alkyl halides is 3. The highest BCUT2D eigenvalue weighted by Crippen LogP contribution is 2.27. The van der Waals surface area contributed by atoms with Crippen LogP contribution >= 0.6 is 0 Å². The van der Waals surface area contributed by atoms with E-state index >= 15 is 0 Å². The molecule has 7 heteroatoms. The molecule has 3 nitrogen and oxygen atoms in total. The third-order valence-corrected chi connectivity index (χ3v) is 2.58. The number of aromatic nitrogens is 1. The molecule has 0 unspecified atom stereocenters. The summed E-state index contributed by atoms with van der Waals surface area (Å²) >= 11 is 0. The van der Waals surface area contributed by atoms with Crippen LogP contribution in [0.1, 0.15) is 5.56 Å². The molecule has 0 aliphatic carbocycles. The molecule has 21 heavy (non-hydrogen) atoms. The number of nitriles is 1. The van der Waals surface area contributed by atoms with Crippen molar-refractivity contribution in [1.29, 1.82) is 5.26 Å². The zero-order chi connectivity index (χ0) is 15.5. The zero-order valence-electron chi connectivity index (χ0n) is 10.5. The molecule has 1 aromatic carbocycles. The minimum atomic E-state index is -4.78. The summed E-state index contributed by atoms with van der Waals surface area (Å²) in [7, 11) is 0. The van der Waals surface area contributed by atoms with Crippen molar-refractivity contribution in [2.45, 2.75) is 12.8 Å². The number of hydrogen-bond acceptors (Lipinski definition) is 3. The summed E-state index contributed by atoms with van der Waals surface area (Å²) in [5, 5.41) is 8.60. The van der Waals surface area contributed by atoms with Crippen LogP contribution in [0.5, 0.6) is 5.75 Å². The van der Waals surface area contributed by atoms with Gasteiger partial charge in [0, 0.05) is 11.8 Å². The number of halogens is 4. The van der Waals surface area contributed by atoms with Gasteiger partial charge >= 0.3 is 6.36 Å². The number of nitrogens with zero attached hydrogens (tertiary/aromatic N) is 2. The number of ether oxygens (including phenoxy) is 1. The predicted octanol–water partition coefficient (Wildman–Crippen LogP) is 3.85. The second-order valence-electron chi connectivity index (χ2n) is 4.09. The van der Waals surface area contributed by atoms with Gasteiger partial charge in [-0.1, -0.05) is 12.1 Å². The van der Waals surface area contributed by atoms with Gasteiger partial charge in [0.25, 0.3) is 0 Å². The van der Waals surface area contributed by atoms with Crippen molar-refractivity contribution in [2.75, 3.05) is 0 Å². The van der Waals surface area contributed by atoms with Gasteiger partial charge in [0.1, 0.15) is 5.75 Å². The van der Waals surface area contributed by atoms with Crippen molar-refractivity contribution in [2.24, 2.45) is 0 Å². The van der Waals surface area contributed by atoms with Crippen LogP contribution in [0, 0.1) is 17.3 Å². The van der Waals surface area contributed by atoms with E-state index in [9.17, 15) is 17.6 Å². The van der Waals surface area contributed by atoms with Crippen molar-refractivity contribution in [3.05, 3.63) is 48.0 Å². The molecule has 0 bridgehead atoms. The quantitative estimate of drug-likeness (QED) is 0.638. The first-order valence-corrected chi connectivity index (χ1v) is 5.76. The summed E-state index contributed by atoms with van der Waals surface area (Å²) in [5.41, 5.74) is 0.972. The summed E-state index contributed by atoms with van der Waals surface area (Å²) in [6, 6.07) is 8.09. The van der Waals surface area contributed by atoms with Gasteiger partial charge in [-0.15, -0.1) is 13.2 Å². The third kappa shape index (κ3) is 3.92. The van der Waals surface area contributed by atoms with Crippen LogP contribution in [-0.2, 0) is 6.42 Å². The number of rotatable bonds is 3. The molecule has 0 radical (unpaired) electrons. The Labute approximate surface area is 117 Å². The van der Waals surface area contributed by atoms with Crippen LogP contribution in [0.4, 0.5) is 17.6 Å². The molecule has 0 saturated carbocycles. The topological polar surface area (TPSA) is 45.9 Å². The van der Waals surface area contributed by atoms with Crippen molar-refractivity contribution in [3.8, 4) is 22.9 Å². The SMILES string of the molecule is N#CCc1cnc(F)c(-c2ccc(OC(F)(F)F)cc2)c1. The minimum absolute atomic E-state index is 0.0650. The molecule has 2 rings (SSSR count). The van der Waals surface area contributed by atoms with E-state index in [0.717, 1.165) is 12.1 Å². The zero-order valence-corrected chi connectivity index (χ0v) is 10.5. The monoisotopic (exact) mass is 296 g/mol. The average molecular weight is 296 g/mol. The second kappa shape index (κ2) is 5.79. The Morgan fingerprint density at radius 2 is 1.86 bits per heavy atom. The molecule has 0 atom stereocenters. The fraction of sp³-hybridized carbons (Fsp3) is 0.143. The highest BCUT2D eigenvalue weighted by molar-refractivity contribution is 5.64. The normalized spacial score (nSPS) is 11.0. The minimum Gasteiger partial charge on any atom is -0.406 e. The number of hydrogen-bond donors (Lipinski definition) is 0. The lowest BCUT2D eigenvalue weighted by Crippen LogP contribution is -2.16. The molecule has 0 saturated heterocycles. The van der Waals surface area contributed by atoms with Gasteiger partial charge in [0.05, 0.1) is 12.5 Å². The van der Waals surface area contributed by atoms with Crippen LogP contribution in [0.15, 0.2) is 36.5 Å². The summed E-state index contributed by atoms with van der Waals surface area (Å²) in [6.07, 6.45) is -3.47. The molecule has 0 spiro atoms. The Kier molecular flexibility index (Phi) is 4.08. The van der Waals surface area contributed by atoms with Gasteiger partial charge in [0.2, 0.25) is 5.95 Å². The Morgan fingerprint density at radius 3 is 2.43 bits per heavy atom. The van der Waals surface area contributed by atoms with Crippen molar-refractivity contribution < 1.29 is 22.3 Å². The van der Waals surface area contributed by atoms with Gasteiger partial charge in [-0.2, -0.15) is 9.65 Å². The Balaban J connectivity index is 2.30. The van der Waals surface area contributed by atoms with Crippen LogP contribution in [0.3, 0.4) is 0 Å².